The number of hydrogen-bond donors (Lipinski definition) is 2. The van der Waals surface area contributed by atoms with E-state index in [-0.39, 0.29) is 0 Å². The van der Waals surface area contributed by atoms with Gasteiger partial charge in [-0.1, -0.05) is 6.07 Å². The van der Waals surface area contributed by atoms with E-state index in [1.165, 1.54) is 0 Å². The molecule has 0 radical (unpaired) electrons. The van der Waals surface area contributed by atoms with E-state index in [0.717, 1.165) is 22.9 Å². The van der Waals surface area contributed by atoms with Crippen LogP contribution in [-0.2, 0) is 5.60 Å². The summed E-state index contributed by atoms with van der Waals surface area (Å²) in [6, 6.07) is 8.65. The molecule has 0 saturated carbocycles. The molecular weight excluding hydrogens is 212 g/mol. The number of β-amino-alcohol motifs (C(OH)–C–C–N with tert-alkyl or cyclic N) is 1. The van der Waals surface area contributed by atoms with Crippen molar-refractivity contribution >= 4 is 10.9 Å². The van der Waals surface area contributed by atoms with Crippen LogP contribution >= 0.6 is 0 Å². The number of fused-ring (bicyclic) bond motifs is 1. The number of nitrogens with zero attached hydrogens (tertiary/aromatic N) is 1. The number of likely N-dealkylation sites (N-methyl/N-ethyl adjacent to an activating group) is 1. The minimum atomic E-state index is -0.695. The van der Waals surface area contributed by atoms with Crippen LogP contribution in [0, 0.1) is 0 Å². The van der Waals surface area contributed by atoms with Gasteiger partial charge >= 0.3 is 0 Å². The number of nitrogens with one attached hydrogen (secondary N) is 1. The zero-order valence-corrected chi connectivity index (χ0v) is 10.3. The van der Waals surface area contributed by atoms with Crippen molar-refractivity contribution in [3.05, 3.63) is 36.0 Å². The van der Waals surface area contributed by atoms with E-state index in [1.807, 2.05) is 24.4 Å². The second-order valence-electron chi connectivity index (χ2n) is 5.28. The van der Waals surface area contributed by atoms with Gasteiger partial charge in [-0.2, -0.15) is 0 Å². The fourth-order valence-corrected chi connectivity index (χ4v) is 2.83. The summed E-state index contributed by atoms with van der Waals surface area (Å²) >= 11 is 0. The van der Waals surface area contributed by atoms with Gasteiger partial charge in [-0.3, -0.25) is 0 Å². The van der Waals surface area contributed by atoms with Gasteiger partial charge in [0.15, 0.2) is 0 Å². The molecule has 2 unspecified atom stereocenters. The Bertz CT molecular complexity index is 536. The molecule has 2 N–H and O–H groups in total. The van der Waals surface area contributed by atoms with E-state index in [1.54, 1.807) is 0 Å². The summed E-state index contributed by atoms with van der Waals surface area (Å²) in [5.74, 6) is 0. The molecule has 0 spiro atoms. The van der Waals surface area contributed by atoms with Gasteiger partial charge < -0.3 is 15.0 Å². The zero-order chi connectivity index (χ0) is 12.0. The Kier molecular flexibility index (Phi) is 2.28. The average molecular weight is 230 g/mol. The van der Waals surface area contributed by atoms with Crippen molar-refractivity contribution in [2.45, 2.75) is 25.0 Å². The van der Waals surface area contributed by atoms with Crippen molar-refractivity contribution in [3.8, 4) is 0 Å². The Morgan fingerprint density at radius 1 is 1.41 bits per heavy atom. The standard InChI is InChI=1S/C14H18N2O/c1-10-8-14(17,9-16(10)2)12-3-4-13-11(7-12)5-6-15-13/h3-7,10,15,17H,8-9H2,1-2H3. The molecule has 3 rings (SSSR count). The number of hydrogen-bond acceptors (Lipinski definition) is 2. The van der Waals surface area contributed by atoms with Gasteiger partial charge in [0.05, 0.1) is 0 Å². The van der Waals surface area contributed by atoms with Gasteiger partial charge in [0.25, 0.3) is 0 Å². The van der Waals surface area contributed by atoms with Crippen molar-refractivity contribution in [2.75, 3.05) is 13.6 Å². The highest BCUT2D eigenvalue weighted by atomic mass is 16.3. The molecule has 2 atom stereocenters. The Hall–Kier alpha value is -1.32. The van der Waals surface area contributed by atoms with Crippen LogP contribution < -0.4 is 0 Å². The molecule has 1 fully saturated rings. The lowest BCUT2D eigenvalue weighted by Gasteiger charge is -2.23. The van der Waals surface area contributed by atoms with E-state index in [4.69, 9.17) is 0 Å². The predicted octanol–water partition coefficient (Wildman–Crippen LogP) is 2.08. The highest BCUT2D eigenvalue weighted by molar-refractivity contribution is 5.80. The van der Waals surface area contributed by atoms with E-state index in [9.17, 15) is 5.11 Å². The van der Waals surface area contributed by atoms with Crippen LogP contribution in [0.2, 0.25) is 0 Å². The lowest BCUT2D eigenvalue weighted by molar-refractivity contribution is 0.0487. The number of benzene rings is 1. The number of aliphatic hydroxyl groups is 1. The van der Waals surface area contributed by atoms with Crippen LogP contribution in [0.15, 0.2) is 30.5 Å². The van der Waals surface area contributed by atoms with Crippen LogP contribution in [0.3, 0.4) is 0 Å². The van der Waals surface area contributed by atoms with Gasteiger partial charge in [0.1, 0.15) is 5.60 Å². The van der Waals surface area contributed by atoms with Gasteiger partial charge in [-0.15, -0.1) is 0 Å². The first-order valence-corrected chi connectivity index (χ1v) is 6.09. The molecule has 17 heavy (non-hydrogen) atoms. The molecule has 1 saturated heterocycles. The lowest BCUT2D eigenvalue weighted by Crippen LogP contribution is -2.29. The quantitative estimate of drug-likeness (QED) is 0.787. The summed E-state index contributed by atoms with van der Waals surface area (Å²) in [5.41, 5.74) is 1.46. The number of H-pyrrole nitrogens is 1. The van der Waals surface area contributed by atoms with E-state index in [2.05, 4.69) is 29.9 Å². The second-order valence-corrected chi connectivity index (χ2v) is 5.28. The third-order valence-electron chi connectivity index (χ3n) is 3.99. The number of aromatic nitrogens is 1. The largest absolute Gasteiger partial charge is 0.384 e. The highest BCUT2D eigenvalue weighted by Crippen LogP contribution is 2.35. The minimum Gasteiger partial charge on any atom is -0.384 e. The number of likely N-dealkylation sites (tertiary alicyclic amines) is 1. The van der Waals surface area contributed by atoms with Crippen LogP contribution in [0.25, 0.3) is 10.9 Å². The summed E-state index contributed by atoms with van der Waals surface area (Å²) in [7, 11) is 2.07. The topological polar surface area (TPSA) is 39.3 Å². The predicted molar refractivity (Wildman–Crippen MR) is 68.9 cm³/mol. The summed E-state index contributed by atoms with van der Waals surface area (Å²) in [6.07, 6.45) is 2.74. The first-order valence-electron chi connectivity index (χ1n) is 6.09. The average Bonchev–Trinajstić information content (AvgIpc) is 2.84. The minimum absolute atomic E-state index is 0.432. The first kappa shape index (κ1) is 10.8. The molecule has 0 amide bonds. The molecule has 1 aliphatic rings. The zero-order valence-electron chi connectivity index (χ0n) is 10.3. The summed E-state index contributed by atoms with van der Waals surface area (Å²) in [6.45, 7) is 2.87. The molecule has 0 aliphatic carbocycles. The molecule has 3 heteroatoms. The molecule has 2 heterocycles. The Labute approximate surface area is 101 Å². The first-order chi connectivity index (χ1) is 8.08. The third-order valence-corrected chi connectivity index (χ3v) is 3.99. The molecule has 1 aromatic heterocycles. The summed E-state index contributed by atoms with van der Waals surface area (Å²) in [4.78, 5) is 5.39. The fourth-order valence-electron chi connectivity index (χ4n) is 2.83. The van der Waals surface area contributed by atoms with Crippen LogP contribution in [0.5, 0.6) is 0 Å². The molecule has 90 valence electrons. The highest BCUT2D eigenvalue weighted by Gasteiger charge is 2.40. The molecule has 1 aromatic carbocycles. The van der Waals surface area contributed by atoms with Crippen molar-refractivity contribution in [2.24, 2.45) is 0 Å². The normalized spacial score (nSPS) is 30.2. The van der Waals surface area contributed by atoms with Gasteiger partial charge in [0, 0.05) is 24.3 Å². The monoisotopic (exact) mass is 230 g/mol. The maximum atomic E-state index is 10.7. The van der Waals surface area contributed by atoms with E-state index >= 15 is 0 Å². The molecule has 3 nitrogen and oxygen atoms in total. The Balaban J connectivity index is 2.03. The van der Waals surface area contributed by atoms with Crippen LogP contribution in [0.1, 0.15) is 18.9 Å². The van der Waals surface area contributed by atoms with Gasteiger partial charge in [-0.25, -0.2) is 0 Å². The van der Waals surface area contributed by atoms with Crippen molar-refractivity contribution in [1.82, 2.24) is 9.88 Å². The number of rotatable bonds is 1. The second kappa shape index (κ2) is 3.59. The maximum Gasteiger partial charge on any atom is 0.104 e. The number of aromatic amines is 1. The van der Waals surface area contributed by atoms with Crippen molar-refractivity contribution < 1.29 is 5.11 Å². The summed E-state index contributed by atoms with van der Waals surface area (Å²) < 4.78 is 0. The lowest BCUT2D eigenvalue weighted by atomic mass is 9.91. The van der Waals surface area contributed by atoms with E-state index in [0.29, 0.717) is 12.6 Å². The van der Waals surface area contributed by atoms with Gasteiger partial charge in [-0.05, 0) is 49.5 Å². The van der Waals surface area contributed by atoms with Crippen molar-refractivity contribution in [1.29, 1.82) is 0 Å². The van der Waals surface area contributed by atoms with Gasteiger partial charge in [0.2, 0.25) is 0 Å². The molecular formula is C14H18N2O. The summed E-state index contributed by atoms with van der Waals surface area (Å²) in [5, 5.41) is 11.9. The molecule has 0 bridgehead atoms. The molecule has 1 aliphatic heterocycles. The third kappa shape index (κ3) is 1.66. The maximum absolute atomic E-state index is 10.7. The SMILES string of the molecule is CC1CC(O)(c2ccc3[nH]ccc3c2)CN1C. The molecule has 2 aromatic rings. The van der Waals surface area contributed by atoms with Crippen molar-refractivity contribution in [3.63, 3.8) is 0 Å². The smallest absolute Gasteiger partial charge is 0.104 e. The fraction of sp³-hybridized carbons (Fsp3) is 0.429. The van der Waals surface area contributed by atoms with Crippen LogP contribution in [0.4, 0.5) is 0 Å². The van der Waals surface area contributed by atoms with E-state index < -0.39 is 5.60 Å². The van der Waals surface area contributed by atoms with Crippen LogP contribution in [-0.4, -0.2) is 34.6 Å². The Morgan fingerprint density at radius 2 is 2.24 bits per heavy atom. The Morgan fingerprint density at radius 3 is 2.94 bits per heavy atom.